The molecule has 5 nitrogen and oxygen atoms in total. The summed E-state index contributed by atoms with van der Waals surface area (Å²) in [5, 5.41) is 5.95. The summed E-state index contributed by atoms with van der Waals surface area (Å²) < 4.78 is 5.64. The van der Waals surface area contributed by atoms with Gasteiger partial charge < -0.3 is 15.4 Å². The van der Waals surface area contributed by atoms with E-state index in [2.05, 4.69) is 24.5 Å². The summed E-state index contributed by atoms with van der Waals surface area (Å²) in [6, 6.07) is 10.4. The average Bonchev–Trinajstić information content (AvgIpc) is 2.61. The van der Waals surface area contributed by atoms with Gasteiger partial charge in [-0.15, -0.1) is 11.8 Å². The largest absolute Gasteiger partial charge is 0.492 e. The van der Waals surface area contributed by atoms with Crippen molar-refractivity contribution in [3.05, 3.63) is 47.0 Å². The Morgan fingerprint density at radius 1 is 1.30 bits per heavy atom. The predicted molar refractivity (Wildman–Crippen MR) is 110 cm³/mol. The Bertz CT molecular complexity index is 886. The number of anilines is 2. The lowest BCUT2D eigenvalue weighted by Gasteiger charge is -2.21. The molecule has 27 heavy (non-hydrogen) atoms. The molecule has 1 aliphatic heterocycles. The van der Waals surface area contributed by atoms with Gasteiger partial charge in [-0.1, -0.05) is 25.4 Å². The number of benzene rings is 2. The third kappa shape index (κ3) is 4.76. The van der Waals surface area contributed by atoms with Gasteiger partial charge in [0.15, 0.2) is 0 Å². The average molecular weight is 405 g/mol. The molecule has 0 bridgehead atoms. The number of rotatable bonds is 5. The first kappa shape index (κ1) is 19.6. The first-order chi connectivity index (χ1) is 12.8. The maximum absolute atomic E-state index is 12.6. The van der Waals surface area contributed by atoms with E-state index in [9.17, 15) is 9.59 Å². The van der Waals surface area contributed by atoms with Crippen LogP contribution in [0.4, 0.5) is 11.4 Å². The zero-order valence-corrected chi connectivity index (χ0v) is 16.9. The predicted octanol–water partition coefficient (Wildman–Crippen LogP) is 5.06. The van der Waals surface area contributed by atoms with Crippen LogP contribution in [0.15, 0.2) is 41.3 Å². The van der Waals surface area contributed by atoms with Gasteiger partial charge in [0, 0.05) is 16.1 Å². The smallest absolute Gasteiger partial charge is 0.255 e. The molecular formula is C20H21ClN2O3S. The number of halogens is 1. The molecule has 142 valence electrons. The van der Waals surface area contributed by atoms with Crippen LogP contribution in [0.3, 0.4) is 0 Å². The Morgan fingerprint density at radius 2 is 2.07 bits per heavy atom. The fraction of sp³-hybridized carbons (Fsp3) is 0.300. The van der Waals surface area contributed by atoms with Gasteiger partial charge in [-0.25, -0.2) is 0 Å². The van der Waals surface area contributed by atoms with Crippen molar-refractivity contribution < 1.29 is 14.3 Å². The van der Waals surface area contributed by atoms with Gasteiger partial charge in [-0.2, -0.15) is 0 Å². The van der Waals surface area contributed by atoms with Crippen molar-refractivity contribution in [3.63, 3.8) is 0 Å². The Morgan fingerprint density at radius 3 is 2.78 bits per heavy atom. The molecule has 0 saturated heterocycles. The topological polar surface area (TPSA) is 67.4 Å². The zero-order chi connectivity index (χ0) is 19.6. The van der Waals surface area contributed by atoms with Crippen molar-refractivity contribution in [2.75, 3.05) is 17.2 Å². The third-order valence-electron chi connectivity index (χ3n) is 3.93. The van der Waals surface area contributed by atoms with E-state index >= 15 is 0 Å². The minimum absolute atomic E-state index is 0.0613. The molecule has 1 aliphatic rings. The van der Waals surface area contributed by atoms with Crippen LogP contribution in [0.5, 0.6) is 5.75 Å². The summed E-state index contributed by atoms with van der Waals surface area (Å²) in [5.74, 6) is 0.647. The molecule has 2 amide bonds. The van der Waals surface area contributed by atoms with Crippen LogP contribution in [0.2, 0.25) is 5.02 Å². The van der Waals surface area contributed by atoms with Crippen LogP contribution < -0.4 is 15.4 Å². The van der Waals surface area contributed by atoms with Crippen molar-refractivity contribution in [2.45, 2.75) is 30.9 Å². The molecule has 0 aromatic heterocycles. The number of ether oxygens (including phenoxy) is 1. The maximum atomic E-state index is 12.6. The monoisotopic (exact) mass is 404 g/mol. The van der Waals surface area contributed by atoms with E-state index < -0.39 is 0 Å². The third-order valence-corrected chi connectivity index (χ3v) is 5.41. The number of carbonyl (C=O) groups excluding carboxylic acids is 2. The zero-order valence-electron chi connectivity index (χ0n) is 15.3. The van der Waals surface area contributed by atoms with Crippen LogP contribution >= 0.6 is 23.4 Å². The first-order valence-corrected chi connectivity index (χ1v) is 9.94. The molecule has 0 spiro atoms. The minimum Gasteiger partial charge on any atom is -0.492 e. The second-order valence-corrected chi connectivity index (χ2v) is 8.55. The second-order valence-electron chi connectivity index (χ2n) is 6.76. The number of carbonyl (C=O) groups is 2. The van der Waals surface area contributed by atoms with Gasteiger partial charge in [0.1, 0.15) is 5.75 Å². The van der Waals surface area contributed by atoms with E-state index in [1.807, 2.05) is 13.0 Å². The highest BCUT2D eigenvalue weighted by Gasteiger charge is 2.23. The molecule has 0 fully saturated rings. The molecule has 1 heterocycles. The summed E-state index contributed by atoms with van der Waals surface area (Å²) in [6.07, 6.45) is 0. The van der Waals surface area contributed by atoms with Crippen molar-refractivity contribution in [3.8, 4) is 5.75 Å². The Hall–Kier alpha value is -2.18. The molecule has 0 radical (unpaired) electrons. The van der Waals surface area contributed by atoms with Crippen LogP contribution in [0, 0.1) is 5.92 Å². The number of thioether (sulfide) groups is 1. The van der Waals surface area contributed by atoms with Gasteiger partial charge in [0.2, 0.25) is 5.91 Å². The van der Waals surface area contributed by atoms with Crippen molar-refractivity contribution >= 4 is 46.6 Å². The lowest BCUT2D eigenvalue weighted by molar-refractivity contribution is -0.115. The van der Waals surface area contributed by atoms with E-state index in [4.69, 9.17) is 16.3 Å². The van der Waals surface area contributed by atoms with Crippen molar-refractivity contribution in [2.24, 2.45) is 5.92 Å². The summed E-state index contributed by atoms with van der Waals surface area (Å²) in [5.41, 5.74) is 1.69. The van der Waals surface area contributed by atoms with Crippen LogP contribution in [0.25, 0.3) is 0 Å². The van der Waals surface area contributed by atoms with E-state index in [-0.39, 0.29) is 17.1 Å². The SMILES string of the molecule is CC(C)COc1ccc(NC(=O)c2ccc3c(c2)NC(=O)[C@@H](C)S3)cc1Cl. The summed E-state index contributed by atoms with van der Waals surface area (Å²) in [7, 11) is 0. The minimum atomic E-state index is -0.275. The normalized spacial score (nSPS) is 15.9. The summed E-state index contributed by atoms with van der Waals surface area (Å²) in [4.78, 5) is 25.3. The molecule has 2 aromatic rings. The lowest BCUT2D eigenvalue weighted by Crippen LogP contribution is -2.26. The molecule has 7 heteroatoms. The highest BCUT2D eigenvalue weighted by molar-refractivity contribution is 8.00. The molecule has 0 unspecified atom stereocenters. The maximum Gasteiger partial charge on any atom is 0.255 e. The number of nitrogens with one attached hydrogen (secondary N) is 2. The van der Waals surface area contributed by atoms with Gasteiger partial charge in [0.05, 0.1) is 22.6 Å². The fourth-order valence-corrected chi connectivity index (χ4v) is 3.67. The standard InChI is InChI=1S/C20H21ClN2O3S/c1-11(2)10-26-17-6-5-14(9-15(17)21)22-20(25)13-4-7-18-16(8-13)23-19(24)12(3)27-18/h4-9,11-12H,10H2,1-3H3,(H,22,25)(H,23,24)/t12-/m1/s1. The Labute approximate surface area is 167 Å². The number of hydrogen-bond donors (Lipinski definition) is 2. The summed E-state index contributed by atoms with van der Waals surface area (Å²) in [6.45, 7) is 6.54. The summed E-state index contributed by atoms with van der Waals surface area (Å²) >= 11 is 7.72. The molecule has 2 aromatic carbocycles. The molecule has 0 aliphatic carbocycles. The fourth-order valence-electron chi connectivity index (χ4n) is 2.51. The van der Waals surface area contributed by atoms with E-state index in [0.29, 0.717) is 40.2 Å². The Kier molecular flexibility index (Phi) is 5.97. The molecular weight excluding hydrogens is 384 g/mol. The van der Waals surface area contributed by atoms with Crippen molar-refractivity contribution in [1.29, 1.82) is 0 Å². The van der Waals surface area contributed by atoms with Crippen molar-refractivity contribution in [1.82, 2.24) is 0 Å². The second kappa shape index (κ2) is 8.23. The quantitative estimate of drug-likeness (QED) is 0.730. The molecule has 0 saturated carbocycles. The van der Waals surface area contributed by atoms with Gasteiger partial charge in [-0.3, -0.25) is 9.59 Å². The lowest BCUT2D eigenvalue weighted by atomic mass is 10.1. The number of amides is 2. The molecule has 1 atom stereocenters. The van der Waals surface area contributed by atoms with E-state index in [1.165, 1.54) is 11.8 Å². The molecule has 3 rings (SSSR count). The van der Waals surface area contributed by atoms with Crippen LogP contribution in [-0.2, 0) is 4.79 Å². The highest BCUT2D eigenvalue weighted by Crippen LogP contribution is 2.36. The Balaban J connectivity index is 1.71. The van der Waals surface area contributed by atoms with Crippen LogP contribution in [0.1, 0.15) is 31.1 Å². The molecule has 2 N–H and O–H groups in total. The first-order valence-electron chi connectivity index (χ1n) is 8.68. The van der Waals surface area contributed by atoms with Gasteiger partial charge in [0.25, 0.3) is 5.91 Å². The van der Waals surface area contributed by atoms with Gasteiger partial charge in [-0.05, 0) is 49.2 Å². The number of hydrogen-bond acceptors (Lipinski definition) is 4. The highest BCUT2D eigenvalue weighted by atomic mass is 35.5. The van der Waals surface area contributed by atoms with Gasteiger partial charge >= 0.3 is 0 Å². The van der Waals surface area contributed by atoms with E-state index in [0.717, 1.165) is 4.90 Å². The van der Waals surface area contributed by atoms with E-state index in [1.54, 1.807) is 30.3 Å². The van der Waals surface area contributed by atoms with Crippen LogP contribution in [-0.4, -0.2) is 23.7 Å². The number of fused-ring (bicyclic) bond motifs is 1.